The standard InChI is InChI=1S/C14H16FNO3/c15-12-8-11(6-5-10(12)7-13(17)18)16-14(19)9-3-1-2-4-9/h5-6,8-9H,1-4,7H2,(H,16,19)(H,17,18). The molecule has 5 heteroatoms. The predicted molar refractivity (Wildman–Crippen MR) is 68.3 cm³/mol. The average Bonchev–Trinajstić information content (AvgIpc) is 2.86. The summed E-state index contributed by atoms with van der Waals surface area (Å²) in [4.78, 5) is 22.4. The van der Waals surface area contributed by atoms with Crippen molar-refractivity contribution in [2.75, 3.05) is 5.32 Å². The van der Waals surface area contributed by atoms with Crippen LogP contribution in [-0.4, -0.2) is 17.0 Å². The van der Waals surface area contributed by atoms with E-state index in [0.29, 0.717) is 5.69 Å². The van der Waals surface area contributed by atoms with E-state index < -0.39 is 11.8 Å². The van der Waals surface area contributed by atoms with E-state index in [1.54, 1.807) is 0 Å². The summed E-state index contributed by atoms with van der Waals surface area (Å²) >= 11 is 0. The SMILES string of the molecule is O=C(O)Cc1ccc(NC(=O)C2CCCC2)cc1F. The Kier molecular flexibility index (Phi) is 4.14. The summed E-state index contributed by atoms with van der Waals surface area (Å²) in [5.74, 6) is -1.75. The summed E-state index contributed by atoms with van der Waals surface area (Å²) in [6.07, 6.45) is 3.52. The zero-order valence-corrected chi connectivity index (χ0v) is 10.5. The van der Waals surface area contributed by atoms with Crippen LogP contribution in [0.3, 0.4) is 0 Å². The molecule has 4 nitrogen and oxygen atoms in total. The van der Waals surface area contributed by atoms with Crippen molar-refractivity contribution in [3.05, 3.63) is 29.6 Å². The Morgan fingerprint density at radius 2 is 2.00 bits per heavy atom. The number of benzene rings is 1. The Bertz CT molecular complexity index is 495. The lowest BCUT2D eigenvalue weighted by Gasteiger charge is -2.11. The van der Waals surface area contributed by atoms with Gasteiger partial charge in [0, 0.05) is 11.6 Å². The van der Waals surface area contributed by atoms with Gasteiger partial charge >= 0.3 is 5.97 Å². The molecule has 2 rings (SSSR count). The largest absolute Gasteiger partial charge is 0.481 e. The Morgan fingerprint density at radius 1 is 1.32 bits per heavy atom. The van der Waals surface area contributed by atoms with E-state index in [4.69, 9.17) is 5.11 Å². The number of nitrogens with one attached hydrogen (secondary N) is 1. The number of hydrogen-bond donors (Lipinski definition) is 2. The smallest absolute Gasteiger partial charge is 0.307 e. The van der Waals surface area contributed by atoms with Gasteiger partial charge < -0.3 is 10.4 Å². The van der Waals surface area contributed by atoms with Crippen LogP contribution in [0.5, 0.6) is 0 Å². The van der Waals surface area contributed by atoms with Crippen LogP contribution in [0.25, 0.3) is 0 Å². The zero-order valence-electron chi connectivity index (χ0n) is 10.5. The number of rotatable bonds is 4. The fourth-order valence-electron chi connectivity index (χ4n) is 2.36. The molecule has 1 aliphatic carbocycles. The van der Waals surface area contributed by atoms with Crippen LogP contribution >= 0.6 is 0 Å². The van der Waals surface area contributed by atoms with Gasteiger partial charge in [-0.2, -0.15) is 0 Å². The lowest BCUT2D eigenvalue weighted by atomic mass is 10.1. The van der Waals surface area contributed by atoms with Crippen molar-refractivity contribution in [1.82, 2.24) is 0 Å². The van der Waals surface area contributed by atoms with Crippen LogP contribution in [0.4, 0.5) is 10.1 Å². The lowest BCUT2D eigenvalue weighted by Crippen LogP contribution is -2.20. The highest BCUT2D eigenvalue weighted by Gasteiger charge is 2.22. The van der Waals surface area contributed by atoms with Gasteiger partial charge in [0.2, 0.25) is 5.91 Å². The normalized spacial score (nSPS) is 15.4. The Morgan fingerprint density at radius 3 is 2.58 bits per heavy atom. The van der Waals surface area contributed by atoms with Crippen LogP contribution in [0, 0.1) is 11.7 Å². The molecule has 1 aromatic carbocycles. The van der Waals surface area contributed by atoms with E-state index in [1.807, 2.05) is 0 Å². The molecule has 0 saturated heterocycles. The van der Waals surface area contributed by atoms with Gasteiger partial charge in [0.15, 0.2) is 0 Å². The molecule has 0 bridgehead atoms. The zero-order chi connectivity index (χ0) is 13.8. The first-order chi connectivity index (χ1) is 9.06. The topological polar surface area (TPSA) is 66.4 Å². The maximum absolute atomic E-state index is 13.6. The summed E-state index contributed by atoms with van der Waals surface area (Å²) < 4.78 is 13.6. The molecular weight excluding hydrogens is 249 g/mol. The Labute approximate surface area is 110 Å². The number of anilines is 1. The number of carboxylic acids is 1. The molecule has 1 aliphatic rings. The first-order valence-corrected chi connectivity index (χ1v) is 6.37. The molecule has 19 heavy (non-hydrogen) atoms. The first kappa shape index (κ1) is 13.5. The average molecular weight is 265 g/mol. The van der Waals surface area contributed by atoms with Crippen molar-refractivity contribution < 1.29 is 19.1 Å². The van der Waals surface area contributed by atoms with Crippen LogP contribution in [0.1, 0.15) is 31.2 Å². The molecule has 1 saturated carbocycles. The van der Waals surface area contributed by atoms with E-state index in [1.165, 1.54) is 18.2 Å². The molecule has 0 aliphatic heterocycles. The highest BCUT2D eigenvalue weighted by atomic mass is 19.1. The number of carbonyl (C=O) groups is 2. The van der Waals surface area contributed by atoms with Gasteiger partial charge in [-0.1, -0.05) is 18.9 Å². The summed E-state index contributed by atoms with van der Waals surface area (Å²) in [5.41, 5.74) is 0.495. The van der Waals surface area contributed by atoms with Crippen LogP contribution in [-0.2, 0) is 16.0 Å². The van der Waals surface area contributed by atoms with Crippen molar-refractivity contribution in [3.63, 3.8) is 0 Å². The van der Waals surface area contributed by atoms with E-state index in [2.05, 4.69) is 5.32 Å². The molecule has 1 amide bonds. The molecule has 0 radical (unpaired) electrons. The third kappa shape index (κ3) is 3.53. The predicted octanol–water partition coefficient (Wildman–Crippen LogP) is 2.58. The van der Waals surface area contributed by atoms with Crippen molar-refractivity contribution in [2.24, 2.45) is 5.92 Å². The number of halogens is 1. The summed E-state index contributed by atoms with van der Waals surface area (Å²) in [7, 11) is 0. The number of hydrogen-bond acceptors (Lipinski definition) is 2. The Balaban J connectivity index is 2.03. The van der Waals surface area contributed by atoms with Crippen LogP contribution in [0.2, 0.25) is 0 Å². The van der Waals surface area contributed by atoms with E-state index in [0.717, 1.165) is 25.7 Å². The van der Waals surface area contributed by atoms with Crippen molar-refractivity contribution in [3.8, 4) is 0 Å². The lowest BCUT2D eigenvalue weighted by molar-refractivity contribution is -0.136. The van der Waals surface area contributed by atoms with Gasteiger partial charge in [-0.05, 0) is 30.5 Å². The van der Waals surface area contributed by atoms with Gasteiger partial charge in [-0.3, -0.25) is 9.59 Å². The maximum atomic E-state index is 13.6. The third-order valence-corrected chi connectivity index (χ3v) is 3.39. The molecule has 2 N–H and O–H groups in total. The van der Waals surface area contributed by atoms with E-state index in [9.17, 15) is 14.0 Å². The van der Waals surface area contributed by atoms with Gasteiger partial charge in [0.05, 0.1) is 6.42 Å². The molecule has 0 atom stereocenters. The third-order valence-electron chi connectivity index (χ3n) is 3.39. The molecule has 1 fully saturated rings. The molecule has 0 aromatic heterocycles. The van der Waals surface area contributed by atoms with Crippen LogP contribution < -0.4 is 5.32 Å². The fraction of sp³-hybridized carbons (Fsp3) is 0.429. The second-order valence-corrected chi connectivity index (χ2v) is 4.85. The molecule has 0 unspecified atom stereocenters. The molecular formula is C14H16FNO3. The van der Waals surface area contributed by atoms with Crippen molar-refractivity contribution in [1.29, 1.82) is 0 Å². The first-order valence-electron chi connectivity index (χ1n) is 6.37. The minimum atomic E-state index is -1.08. The van der Waals surface area contributed by atoms with Gasteiger partial charge in [-0.25, -0.2) is 4.39 Å². The summed E-state index contributed by atoms with van der Waals surface area (Å²) in [5, 5.41) is 11.3. The van der Waals surface area contributed by atoms with Crippen LogP contribution in [0.15, 0.2) is 18.2 Å². The summed E-state index contributed by atoms with van der Waals surface area (Å²) in [6.45, 7) is 0. The van der Waals surface area contributed by atoms with Gasteiger partial charge in [0.1, 0.15) is 5.82 Å². The molecule has 1 aromatic rings. The van der Waals surface area contributed by atoms with Gasteiger partial charge in [0.25, 0.3) is 0 Å². The van der Waals surface area contributed by atoms with E-state index >= 15 is 0 Å². The molecule has 0 spiro atoms. The minimum absolute atomic E-state index is 0.0155. The number of carbonyl (C=O) groups excluding carboxylic acids is 1. The number of aliphatic carboxylic acids is 1. The number of carboxylic acid groups (broad SMARTS) is 1. The minimum Gasteiger partial charge on any atom is -0.481 e. The maximum Gasteiger partial charge on any atom is 0.307 e. The second-order valence-electron chi connectivity index (χ2n) is 4.85. The summed E-state index contributed by atoms with van der Waals surface area (Å²) in [6, 6.07) is 4.10. The number of amides is 1. The fourth-order valence-corrected chi connectivity index (χ4v) is 2.36. The molecule has 102 valence electrons. The Hall–Kier alpha value is -1.91. The highest BCUT2D eigenvalue weighted by molar-refractivity contribution is 5.92. The van der Waals surface area contributed by atoms with Gasteiger partial charge in [-0.15, -0.1) is 0 Å². The monoisotopic (exact) mass is 265 g/mol. The second kappa shape index (κ2) is 5.82. The highest BCUT2D eigenvalue weighted by Crippen LogP contribution is 2.26. The van der Waals surface area contributed by atoms with Crippen molar-refractivity contribution in [2.45, 2.75) is 32.1 Å². The van der Waals surface area contributed by atoms with E-state index in [-0.39, 0.29) is 23.8 Å². The molecule has 0 heterocycles. The van der Waals surface area contributed by atoms with Crippen molar-refractivity contribution >= 4 is 17.6 Å². The quantitative estimate of drug-likeness (QED) is 0.879.